The third kappa shape index (κ3) is 4.37. The van der Waals surface area contributed by atoms with Gasteiger partial charge in [0.05, 0.1) is 18.5 Å². The van der Waals surface area contributed by atoms with Gasteiger partial charge in [-0.25, -0.2) is 4.98 Å². The summed E-state index contributed by atoms with van der Waals surface area (Å²) in [6, 6.07) is 4.11. The fourth-order valence-corrected chi connectivity index (χ4v) is 4.26. The molecule has 1 amide bonds. The number of aromatic nitrogens is 3. The highest BCUT2D eigenvalue weighted by atomic mass is 32.2. The average molecular weight is 367 g/mol. The van der Waals surface area contributed by atoms with Crippen LogP contribution in [0.3, 0.4) is 0 Å². The first-order valence-corrected chi connectivity index (χ1v) is 9.86. The van der Waals surface area contributed by atoms with E-state index in [0.29, 0.717) is 31.5 Å². The molecule has 3 rings (SSSR count). The average Bonchev–Trinajstić information content (AvgIpc) is 3.25. The van der Waals surface area contributed by atoms with E-state index in [4.69, 9.17) is 4.74 Å². The third-order valence-electron chi connectivity index (χ3n) is 3.84. The molecular formula is C16H22N4O2S2. The minimum atomic E-state index is -0.173. The second-order valence-corrected chi connectivity index (χ2v) is 8.18. The fraction of sp³-hybridized carbons (Fsp3) is 0.562. The van der Waals surface area contributed by atoms with Gasteiger partial charge in [0, 0.05) is 24.4 Å². The maximum absolute atomic E-state index is 12.8. The van der Waals surface area contributed by atoms with Crippen LogP contribution in [0, 0.1) is 5.92 Å². The van der Waals surface area contributed by atoms with Crippen LogP contribution in [0.1, 0.15) is 24.5 Å². The molecule has 1 saturated heterocycles. The van der Waals surface area contributed by atoms with Crippen molar-refractivity contribution in [2.45, 2.75) is 30.7 Å². The van der Waals surface area contributed by atoms with Crippen molar-refractivity contribution in [1.29, 1.82) is 0 Å². The van der Waals surface area contributed by atoms with Crippen molar-refractivity contribution in [3.05, 3.63) is 28.2 Å². The van der Waals surface area contributed by atoms with Crippen LogP contribution < -0.4 is 0 Å². The second-order valence-electron chi connectivity index (χ2n) is 6.04. The van der Waals surface area contributed by atoms with Crippen molar-refractivity contribution < 1.29 is 9.53 Å². The Hall–Kier alpha value is -1.38. The van der Waals surface area contributed by atoms with Gasteiger partial charge in [-0.05, 0) is 17.4 Å². The number of hydrogen-bond acceptors (Lipinski definition) is 6. The quantitative estimate of drug-likeness (QED) is 0.795. The van der Waals surface area contributed by atoms with E-state index < -0.39 is 0 Å². The van der Waals surface area contributed by atoms with Crippen LogP contribution in [-0.4, -0.2) is 57.5 Å². The Labute approximate surface area is 150 Å². The van der Waals surface area contributed by atoms with Crippen LogP contribution in [0.15, 0.2) is 22.7 Å². The summed E-state index contributed by atoms with van der Waals surface area (Å²) in [6.07, 6.45) is 0.745. The van der Waals surface area contributed by atoms with E-state index in [1.807, 2.05) is 11.0 Å². The first-order chi connectivity index (χ1) is 11.6. The number of aromatic amines is 1. The second kappa shape index (κ2) is 8.13. The number of H-pyrrole nitrogens is 1. The van der Waals surface area contributed by atoms with Crippen molar-refractivity contribution in [1.82, 2.24) is 20.1 Å². The Morgan fingerprint density at radius 1 is 1.46 bits per heavy atom. The maximum atomic E-state index is 12.8. The molecule has 3 heterocycles. The van der Waals surface area contributed by atoms with Crippen molar-refractivity contribution in [3.8, 4) is 0 Å². The van der Waals surface area contributed by atoms with E-state index in [-0.39, 0.29) is 17.1 Å². The number of amides is 1. The largest absolute Gasteiger partial charge is 0.378 e. The minimum Gasteiger partial charge on any atom is -0.378 e. The smallest absolute Gasteiger partial charge is 0.236 e. The van der Waals surface area contributed by atoms with E-state index in [2.05, 4.69) is 40.5 Å². The standard InChI is InChI=1S/C16H22N4O2S2/c1-11(2)14(15(21)20-5-7-22-8-6-20)24-16-17-13(18-19-16)10-12-4-3-9-23-12/h3-4,9,11,14H,5-8,10H2,1-2H3,(H,17,18,19). The molecule has 1 atom stereocenters. The highest BCUT2D eigenvalue weighted by Gasteiger charge is 2.30. The number of thioether (sulfide) groups is 1. The van der Waals surface area contributed by atoms with Crippen molar-refractivity contribution >= 4 is 29.0 Å². The van der Waals surface area contributed by atoms with Gasteiger partial charge in [0.2, 0.25) is 11.1 Å². The van der Waals surface area contributed by atoms with Gasteiger partial charge >= 0.3 is 0 Å². The van der Waals surface area contributed by atoms with Gasteiger partial charge in [-0.1, -0.05) is 31.7 Å². The lowest BCUT2D eigenvalue weighted by Gasteiger charge is -2.31. The number of nitrogens with zero attached hydrogens (tertiary/aromatic N) is 3. The minimum absolute atomic E-state index is 0.155. The first-order valence-electron chi connectivity index (χ1n) is 8.10. The molecule has 0 radical (unpaired) electrons. The maximum Gasteiger partial charge on any atom is 0.236 e. The summed E-state index contributed by atoms with van der Waals surface area (Å²) in [5.41, 5.74) is 0. The predicted octanol–water partition coefficient (Wildman–Crippen LogP) is 2.43. The highest BCUT2D eigenvalue weighted by Crippen LogP contribution is 2.28. The Kier molecular flexibility index (Phi) is 5.91. The summed E-state index contributed by atoms with van der Waals surface area (Å²) in [5.74, 6) is 1.20. The van der Waals surface area contributed by atoms with Crippen LogP contribution in [0.25, 0.3) is 0 Å². The van der Waals surface area contributed by atoms with Gasteiger partial charge in [-0.2, -0.15) is 0 Å². The molecule has 1 fully saturated rings. The first kappa shape index (κ1) is 17.4. The van der Waals surface area contributed by atoms with Gasteiger partial charge in [0.15, 0.2) is 0 Å². The van der Waals surface area contributed by atoms with Crippen LogP contribution in [-0.2, 0) is 16.0 Å². The van der Waals surface area contributed by atoms with Gasteiger partial charge in [-0.3, -0.25) is 9.89 Å². The lowest BCUT2D eigenvalue weighted by molar-refractivity contribution is -0.135. The number of morpholine rings is 1. The molecule has 0 saturated carbocycles. The van der Waals surface area contributed by atoms with Gasteiger partial charge in [0.25, 0.3) is 0 Å². The summed E-state index contributed by atoms with van der Waals surface area (Å²) in [5, 5.41) is 9.79. The Bertz CT molecular complexity index is 651. The molecule has 2 aromatic heterocycles. The van der Waals surface area contributed by atoms with E-state index in [9.17, 15) is 4.79 Å². The number of hydrogen-bond donors (Lipinski definition) is 1. The normalized spacial score (nSPS) is 16.5. The Morgan fingerprint density at radius 2 is 2.25 bits per heavy atom. The molecule has 8 heteroatoms. The molecule has 130 valence electrons. The molecule has 24 heavy (non-hydrogen) atoms. The molecule has 0 bridgehead atoms. The van der Waals surface area contributed by atoms with Gasteiger partial charge in [0.1, 0.15) is 5.82 Å². The summed E-state index contributed by atoms with van der Waals surface area (Å²) in [6.45, 7) is 6.70. The molecule has 0 aliphatic carbocycles. The number of rotatable bonds is 6. The van der Waals surface area contributed by atoms with Gasteiger partial charge in [-0.15, -0.1) is 16.4 Å². The topological polar surface area (TPSA) is 71.1 Å². The number of ether oxygens (including phenoxy) is 1. The lowest BCUT2D eigenvalue weighted by Crippen LogP contribution is -2.46. The predicted molar refractivity (Wildman–Crippen MR) is 95.4 cm³/mol. The number of nitrogens with one attached hydrogen (secondary N) is 1. The Morgan fingerprint density at radius 3 is 2.92 bits per heavy atom. The van der Waals surface area contributed by atoms with Crippen LogP contribution in [0.2, 0.25) is 0 Å². The molecule has 2 aromatic rings. The lowest BCUT2D eigenvalue weighted by atomic mass is 10.1. The zero-order valence-corrected chi connectivity index (χ0v) is 15.5. The van der Waals surface area contributed by atoms with Crippen LogP contribution >= 0.6 is 23.1 Å². The highest BCUT2D eigenvalue weighted by molar-refractivity contribution is 8.00. The monoisotopic (exact) mass is 366 g/mol. The molecular weight excluding hydrogens is 344 g/mol. The molecule has 0 spiro atoms. The molecule has 0 aromatic carbocycles. The van der Waals surface area contributed by atoms with Gasteiger partial charge < -0.3 is 9.64 Å². The van der Waals surface area contributed by atoms with Crippen LogP contribution in [0.4, 0.5) is 0 Å². The molecule has 1 aliphatic rings. The van der Waals surface area contributed by atoms with Crippen molar-refractivity contribution in [2.24, 2.45) is 5.92 Å². The molecule has 1 N–H and O–H groups in total. The zero-order valence-electron chi connectivity index (χ0n) is 13.9. The summed E-state index contributed by atoms with van der Waals surface area (Å²) in [7, 11) is 0. The summed E-state index contributed by atoms with van der Waals surface area (Å²) in [4.78, 5) is 20.5. The van der Waals surface area contributed by atoms with E-state index in [0.717, 1.165) is 12.2 Å². The van der Waals surface area contributed by atoms with E-state index in [1.165, 1.54) is 16.6 Å². The number of carbonyl (C=O) groups excluding carboxylic acids is 1. The number of carbonyl (C=O) groups is 1. The van der Waals surface area contributed by atoms with Crippen LogP contribution in [0.5, 0.6) is 0 Å². The summed E-state index contributed by atoms with van der Waals surface area (Å²) < 4.78 is 5.33. The molecule has 1 aliphatic heterocycles. The Balaban J connectivity index is 1.65. The third-order valence-corrected chi connectivity index (χ3v) is 6.11. The summed E-state index contributed by atoms with van der Waals surface area (Å²) >= 11 is 3.15. The zero-order chi connectivity index (χ0) is 16.9. The van der Waals surface area contributed by atoms with E-state index >= 15 is 0 Å². The number of thiophene rings is 1. The van der Waals surface area contributed by atoms with Crippen molar-refractivity contribution in [3.63, 3.8) is 0 Å². The molecule has 1 unspecified atom stereocenters. The van der Waals surface area contributed by atoms with E-state index in [1.54, 1.807) is 11.3 Å². The van der Waals surface area contributed by atoms with Crippen molar-refractivity contribution in [2.75, 3.05) is 26.3 Å². The molecule has 6 nitrogen and oxygen atoms in total. The SMILES string of the molecule is CC(C)C(Sc1n[nH]c(Cc2cccs2)n1)C(=O)N1CCOCC1. The fourth-order valence-electron chi connectivity index (χ4n) is 2.54.